The highest BCUT2D eigenvalue weighted by atomic mass is 127. The molecule has 0 spiro atoms. The number of nitrogens with one attached hydrogen (secondary N) is 1. The predicted molar refractivity (Wildman–Crippen MR) is 86.7 cm³/mol. The van der Waals surface area contributed by atoms with Crippen molar-refractivity contribution < 1.29 is 0 Å². The van der Waals surface area contributed by atoms with Gasteiger partial charge in [0.1, 0.15) is 0 Å². The van der Waals surface area contributed by atoms with Crippen LogP contribution in [0.2, 0.25) is 0 Å². The Labute approximate surface area is 125 Å². The molecule has 1 saturated carbocycles. The van der Waals surface area contributed by atoms with E-state index in [2.05, 4.69) is 72.9 Å². The zero-order valence-electron chi connectivity index (χ0n) is 11.6. The molecule has 1 nitrogen and oxygen atoms in total. The molecular weight excluding hydrogens is 333 g/mol. The second-order valence-electron chi connectivity index (χ2n) is 5.81. The molecule has 2 rings (SSSR count). The van der Waals surface area contributed by atoms with Gasteiger partial charge in [-0.3, -0.25) is 0 Å². The van der Waals surface area contributed by atoms with Gasteiger partial charge in [0.25, 0.3) is 0 Å². The molecule has 18 heavy (non-hydrogen) atoms. The fraction of sp³-hybridized carbons (Fsp3) is 0.625. The summed E-state index contributed by atoms with van der Waals surface area (Å²) in [7, 11) is 0. The lowest BCUT2D eigenvalue weighted by Crippen LogP contribution is -2.41. The summed E-state index contributed by atoms with van der Waals surface area (Å²) in [4.78, 5) is 0. The van der Waals surface area contributed by atoms with Gasteiger partial charge in [-0.25, -0.2) is 0 Å². The molecule has 2 heteroatoms. The van der Waals surface area contributed by atoms with Gasteiger partial charge in [-0.15, -0.1) is 0 Å². The molecule has 1 aromatic carbocycles. The molecule has 0 bridgehead atoms. The first-order valence-corrected chi connectivity index (χ1v) is 8.17. The van der Waals surface area contributed by atoms with Gasteiger partial charge in [0.05, 0.1) is 0 Å². The van der Waals surface area contributed by atoms with E-state index in [1.54, 1.807) is 0 Å². The van der Waals surface area contributed by atoms with Crippen molar-refractivity contribution in [2.24, 2.45) is 11.8 Å². The van der Waals surface area contributed by atoms with Gasteiger partial charge >= 0.3 is 0 Å². The topological polar surface area (TPSA) is 12.0 Å². The maximum Gasteiger partial charge on any atom is 0.0294 e. The molecule has 1 fully saturated rings. The van der Waals surface area contributed by atoms with E-state index in [9.17, 15) is 0 Å². The van der Waals surface area contributed by atoms with Crippen molar-refractivity contribution in [1.29, 1.82) is 0 Å². The average molecular weight is 357 g/mol. The molecule has 0 heterocycles. The quantitative estimate of drug-likeness (QED) is 0.769. The van der Waals surface area contributed by atoms with Gasteiger partial charge in [-0.05, 0) is 65.5 Å². The van der Waals surface area contributed by atoms with Gasteiger partial charge in [-0.1, -0.05) is 38.8 Å². The second-order valence-corrected chi connectivity index (χ2v) is 7.06. The van der Waals surface area contributed by atoms with Gasteiger partial charge in [0.2, 0.25) is 0 Å². The molecule has 4 atom stereocenters. The molecule has 1 aliphatic carbocycles. The molecular formula is C16H24IN. The van der Waals surface area contributed by atoms with Crippen LogP contribution in [0.4, 0.5) is 0 Å². The van der Waals surface area contributed by atoms with E-state index >= 15 is 0 Å². The summed E-state index contributed by atoms with van der Waals surface area (Å²) >= 11 is 2.36. The minimum atomic E-state index is 0.458. The fourth-order valence-electron chi connectivity index (χ4n) is 2.99. The maximum atomic E-state index is 3.83. The number of benzene rings is 1. The fourth-order valence-corrected chi connectivity index (χ4v) is 3.35. The first-order valence-electron chi connectivity index (χ1n) is 7.09. The van der Waals surface area contributed by atoms with Crippen molar-refractivity contribution in [3.05, 3.63) is 33.4 Å². The Morgan fingerprint density at radius 1 is 1.17 bits per heavy atom. The predicted octanol–water partition coefficient (Wildman–Crippen LogP) is 4.77. The van der Waals surface area contributed by atoms with E-state index in [4.69, 9.17) is 0 Å². The van der Waals surface area contributed by atoms with Crippen LogP contribution < -0.4 is 5.32 Å². The van der Waals surface area contributed by atoms with Gasteiger partial charge in [0.15, 0.2) is 0 Å². The minimum Gasteiger partial charge on any atom is -0.307 e. The highest BCUT2D eigenvalue weighted by Crippen LogP contribution is 2.31. The van der Waals surface area contributed by atoms with Crippen molar-refractivity contribution >= 4 is 22.6 Å². The van der Waals surface area contributed by atoms with Crippen LogP contribution in [-0.2, 0) is 0 Å². The Morgan fingerprint density at radius 2 is 1.83 bits per heavy atom. The molecule has 0 saturated heterocycles. The Kier molecular flexibility index (Phi) is 5.07. The smallest absolute Gasteiger partial charge is 0.0294 e. The Balaban J connectivity index is 1.98. The summed E-state index contributed by atoms with van der Waals surface area (Å²) in [6.45, 7) is 7.09. The molecule has 0 amide bonds. The molecule has 0 aromatic heterocycles. The lowest BCUT2D eigenvalue weighted by molar-refractivity contribution is 0.196. The van der Waals surface area contributed by atoms with Crippen LogP contribution in [0, 0.1) is 15.4 Å². The zero-order chi connectivity index (χ0) is 13.1. The Bertz CT molecular complexity index is 373. The summed E-state index contributed by atoms with van der Waals surface area (Å²) in [5.41, 5.74) is 1.40. The first-order chi connectivity index (χ1) is 8.58. The Morgan fingerprint density at radius 3 is 2.50 bits per heavy atom. The average Bonchev–Trinajstić information content (AvgIpc) is 2.36. The van der Waals surface area contributed by atoms with Gasteiger partial charge < -0.3 is 5.32 Å². The summed E-state index contributed by atoms with van der Waals surface area (Å²) < 4.78 is 1.31. The standard InChI is InChI=1S/C16H24IN/c1-11-5-4-6-16(12(11)2)18-13(3)14-7-9-15(17)10-8-14/h7-13,16,18H,4-6H2,1-3H3. The van der Waals surface area contributed by atoms with Gasteiger partial charge in [0, 0.05) is 15.7 Å². The molecule has 100 valence electrons. The summed E-state index contributed by atoms with van der Waals surface area (Å²) in [5, 5.41) is 3.83. The van der Waals surface area contributed by atoms with E-state index in [1.165, 1.54) is 28.4 Å². The minimum absolute atomic E-state index is 0.458. The van der Waals surface area contributed by atoms with Crippen LogP contribution in [0.5, 0.6) is 0 Å². The van der Waals surface area contributed by atoms with Gasteiger partial charge in [-0.2, -0.15) is 0 Å². The van der Waals surface area contributed by atoms with Crippen LogP contribution >= 0.6 is 22.6 Å². The molecule has 1 aliphatic rings. The van der Waals surface area contributed by atoms with E-state index in [1.807, 2.05) is 0 Å². The third kappa shape index (κ3) is 3.47. The molecule has 1 N–H and O–H groups in total. The van der Waals surface area contributed by atoms with Crippen molar-refractivity contribution in [3.63, 3.8) is 0 Å². The zero-order valence-corrected chi connectivity index (χ0v) is 13.8. The lowest BCUT2D eigenvalue weighted by Gasteiger charge is -2.36. The highest BCUT2D eigenvalue weighted by molar-refractivity contribution is 14.1. The largest absolute Gasteiger partial charge is 0.307 e. The number of hydrogen-bond acceptors (Lipinski definition) is 1. The van der Waals surface area contributed by atoms with Crippen LogP contribution in [-0.4, -0.2) is 6.04 Å². The monoisotopic (exact) mass is 357 g/mol. The van der Waals surface area contributed by atoms with Crippen LogP contribution in [0.25, 0.3) is 0 Å². The van der Waals surface area contributed by atoms with Crippen molar-refractivity contribution in [1.82, 2.24) is 5.32 Å². The van der Waals surface area contributed by atoms with Crippen LogP contribution in [0.1, 0.15) is 51.6 Å². The van der Waals surface area contributed by atoms with E-state index in [-0.39, 0.29) is 0 Å². The SMILES string of the molecule is CC(NC1CCCC(C)C1C)c1ccc(I)cc1. The van der Waals surface area contributed by atoms with Crippen LogP contribution in [0.15, 0.2) is 24.3 Å². The van der Waals surface area contributed by atoms with E-state index in [0.717, 1.165) is 11.8 Å². The summed E-state index contributed by atoms with van der Waals surface area (Å²) in [5.74, 6) is 1.66. The molecule has 0 radical (unpaired) electrons. The normalized spacial score (nSPS) is 30.1. The van der Waals surface area contributed by atoms with Crippen LogP contribution in [0.3, 0.4) is 0 Å². The third-order valence-electron chi connectivity index (χ3n) is 4.54. The second kappa shape index (κ2) is 6.38. The number of rotatable bonds is 3. The first kappa shape index (κ1) is 14.3. The summed E-state index contributed by atoms with van der Waals surface area (Å²) in [6.07, 6.45) is 4.11. The number of halogens is 1. The number of hydrogen-bond donors (Lipinski definition) is 1. The van der Waals surface area contributed by atoms with Crippen molar-refractivity contribution in [2.45, 2.75) is 52.1 Å². The van der Waals surface area contributed by atoms with E-state index in [0.29, 0.717) is 12.1 Å². The summed E-state index contributed by atoms with van der Waals surface area (Å²) in [6, 6.07) is 10.0. The van der Waals surface area contributed by atoms with Crippen molar-refractivity contribution in [3.8, 4) is 0 Å². The highest BCUT2D eigenvalue weighted by Gasteiger charge is 2.27. The van der Waals surface area contributed by atoms with Crippen molar-refractivity contribution in [2.75, 3.05) is 0 Å². The molecule has 4 unspecified atom stereocenters. The molecule has 0 aliphatic heterocycles. The lowest BCUT2D eigenvalue weighted by atomic mass is 9.77. The maximum absolute atomic E-state index is 3.83. The Hall–Kier alpha value is -0.0900. The third-order valence-corrected chi connectivity index (χ3v) is 5.26. The van der Waals surface area contributed by atoms with E-state index < -0.39 is 0 Å². The molecule has 1 aromatic rings.